The predicted molar refractivity (Wildman–Crippen MR) is 66.6 cm³/mol. The summed E-state index contributed by atoms with van der Waals surface area (Å²) in [4.78, 5) is 27.0. The van der Waals surface area contributed by atoms with Crippen LogP contribution in [0.5, 0.6) is 0 Å². The van der Waals surface area contributed by atoms with Crippen molar-refractivity contribution in [1.29, 1.82) is 0 Å². The van der Waals surface area contributed by atoms with Gasteiger partial charge in [0.2, 0.25) is 0 Å². The molecule has 0 radical (unpaired) electrons. The van der Waals surface area contributed by atoms with E-state index >= 15 is 0 Å². The van der Waals surface area contributed by atoms with Crippen molar-refractivity contribution in [3.8, 4) is 0 Å². The number of carbonyl (C=O) groups is 2. The van der Waals surface area contributed by atoms with Crippen molar-refractivity contribution in [1.82, 2.24) is 0 Å². The highest BCUT2D eigenvalue weighted by molar-refractivity contribution is 7.15. The van der Waals surface area contributed by atoms with Crippen molar-refractivity contribution in [2.24, 2.45) is 0 Å². The van der Waals surface area contributed by atoms with Gasteiger partial charge in [-0.3, -0.25) is 9.59 Å². The summed E-state index contributed by atoms with van der Waals surface area (Å²) in [5.74, 6) is -0.435. The summed E-state index contributed by atoms with van der Waals surface area (Å²) in [5, 5.41) is 0. The number of thiophene rings is 1. The number of imide groups is 1. The summed E-state index contributed by atoms with van der Waals surface area (Å²) in [6.07, 6.45) is 0. The predicted octanol–water partition coefficient (Wildman–Crippen LogP) is 2.86. The maximum Gasteiger partial charge on any atom is 0.276 e. The van der Waals surface area contributed by atoms with Crippen LogP contribution in [0.15, 0.2) is 36.4 Å². The van der Waals surface area contributed by atoms with E-state index in [4.69, 9.17) is 0 Å². The molecule has 0 bridgehead atoms. The van der Waals surface area contributed by atoms with Gasteiger partial charge in [-0.25, -0.2) is 4.90 Å². The van der Waals surface area contributed by atoms with E-state index in [0.717, 1.165) is 4.88 Å². The number of carbonyl (C=O) groups excluding carboxylic acids is 2. The molecule has 1 aliphatic heterocycles. The van der Waals surface area contributed by atoms with Crippen LogP contribution in [-0.4, -0.2) is 11.8 Å². The van der Waals surface area contributed by atoms with Crippen molar-refractivity contribution < 1.29 is 9.59 Å². The topological polar surface area (TPSA) is 37.4 Å². The molecule has 0 saturated carbocycles. The van der Waals surface area contributed by atoms with Gasteiger partial charge < -0.3 is 0 Å². The molecule has 0 unspecified atom stereocenters. The molecule has 0 fully saturated rings. The fourth-order valence-electron chi connectivity index (χ4n) is 1.96. The molecule has 3 nitrogen and oxygen atoms in total. The lowest BCUT2D eigenvalue weighted by atomic mass is 10.2. The standard InChI is InChI=1S/C13H9NO2S/c1-8-7-10-11(17-8)13(16)14(12(10)15)9-5-3-2-4-6-9/h2-7H,1H3. The number of hydrogen-bond donors (Lipinski definition) is 0. The van der Waals surface area contributed by atoms with Crippen molar-refractivity contribution in [3.63, 3.8) is 0 Å². The van der Waals surface area contributed by atoms with Gasteiger partial charge in [0.1, 0.15) is 4.88 Å². The average molecular weight is 243 g/mol. The fourth-order valence-corrected chi connectivity index (χ4v) is 2.89. The van der Waals surface area contributed by atoms with Crippen LogP contribution in [0, 0.1) is 6.92 Å². The van der Waals surface area contributed by atoms with Gasteiger partial charge in [0.25, 0.3) is 11.8 Å². The van der Waals surface area contributed by atoms with Crippen LogP contribution in [-0.2, 0) is 0 Å². The quantitative estimate of drug-likeness (QED) is 0.722. The van der Waals surface area contributed by atoms with Gasteiger partial charge in [-0.2, -0.15) is 0 Å². The van der Waals surface area contributed by atoms with Crippen LogP contribution >= 0.6 is 11.3 Å². The third kappa shape index (κ3) is 1.41. The van der Waals surface area contributed by atoms with E-state index < -0.39 is 0 Å². The summed E-state index contributed by atoms with van der Waals surface area (Å²) in [7, 11) is 0. The molecule has 0 saturated heterocycles. The first-order valence-electron chi connectivity index (χ1n) is 5.23. The van der Waals surface area contributed by atoms with Crippen molar-refractivity contribution >= 4 is 28.8 Å². The number of nitrogens with zero attached hydrogens (tertiary/aromatic N) is 1. The Morgan fingerprint density at radius 1 is 1.06 bits per heavy atom. The van der Waals surface area contributed by atoms with Crippen molar-refractivity contribution in [2.75, 3.05) is 4.90 Å². The Hall–Kier alpha value is -1.94. The Bertz CT molecular complexity index is 582. The van der Waals surface area contributed by atoms with Crippen LogP contribution in [0.4, 0.5) is 5.69 Å². The van der Waals surface area contributed by atoms with Gasteiger partial charge in [0.15, 0.2) is 0 Å². The lowest BCUT2D eigenvalue weighted by Gasteiger charge is -2.13. The fraction of sp³-hybridized carbons (Fsp3) is 0.0769. The smallest absolute Gasteiger partial charge is 0.268 e. The first-order valence-corrected chi connectivity index (χ1v) is 6.04. The minimum atomic E-state index is -0.222. The molecule has 2 heterocycles. The summed E-state index contributed by atoms with van der Waals surface area (Å²) in [6.45, 7) is 1.90. The molecule has 17 heavy (non-hydrogen) atoms. The maximum absolute atomic E-state index is 12.1. The minimum Gasteiger partial charge on any atom is -0.268 e. The second-order valence-electron chi connectivity index (χ2n) is 3.88. The molecule has 0 atom stereocenters. The molecule has 0 N–H and O–H groups in total. The molecule has 2 aromatic rings. The largest absolute Gasteiger partial charge is 0.276 e. The molecule has 4 heteroatoms. The Morgan fingerprint density at radius 3 is 2.41 bits per heavy atom. The van der Waals surface area contributed by atoms with E-state index in [1.807, 2.05) is 25.1 Å². The molecular formula is C13H9NO2S. The van der Waals surface area contributed by atoms with Gasteiger partial charge in [-0.1, -0.05) is 18.2 Å². The second-order valence-corrected chi connectivity index (χ2v) is 5.14. The Balaban J connectivity index is 2.10. The number of amides is 2. The van der Waals surface area contributed by atoms with Crippen LogP contribution < -0.4 is 4.90 Å². The Kier molecular flexibility index (Phi) is 2.12. The third-order valence-electron chi connectivity index (χ3n) is 2.70. The van der Waals surface area contributed by atoms with Gasteiger partial charge in [-0.05, 0) is 25.1 Å². The first-order chi connectivity index (χ1) is 8.18. The monoisotopic (exact) mass is 243 g/mol. The Labute approximate surface area is 102 Å². The molecular weight excluding hydrogens is 234 g/mol. The van der Waals surface area contributed by atoms with Gasteiger partial charge >= 0.3 is 0 Å². The van der Waals surface area contributed by atoms with Crippen LogP contribution in [0.25, 0.3) is 0 Å². The maximum atomic E-state index is 12.1. The highest BCUT2D eigenvalue weighted by atomic mass is 32.1. The number of hydrogen-bond acceptors (Lipinski definition) is 3. The molecule has 3 rings (SSSR count). The van der Waals surface area contributed by atoms with E-state index in [1.165, 1.54) is 16.2 Å². The second kappa shape index (κ2) is 3.53. The number of anilines is 1. The van der Waals surface area contributed by atoms with Crippen LogP contribution in [0.2, 0.25) is 0 Å². The average Bonchev–Trinajstić information content (AvgIpc) is 2.81. The number of aryl methyl sites for hydroxylation is 1. The van der Waals surface area contributed by atoms with Gasteiger partial charge in [-0.15, -0.1) is 11.3 Å². The zero-order valence-corrected chi connectivity index (χ0v) is 9.95. The SMILES string of the molecule is Cc1cc2c(s1)C(=O)N(c1ccccc1)C2=O. The van der Waals surface area contributed by atoms with Crippen molar-refractivity contribution in [3.05, 3.63) is 51.7 Å². The van der Waals surface area contributed by atoms with Crippen molar-refractivity contribution in [2.45, 2.75) is 6.92 Å². The molecule has 1 aliphatic rings. The Morgan fingerprint density at radius 2 is 1.76 bits per heavy atom. The van der Waals surface area contributed by atoms with Crippen LogP contribution in [0.3, 0.4) is 0 Å². The lowest BCUT2D eigenvalue weighted by molar-refractivity contribution is 0.0927. The molecule has 1 aromatic heterocycles. The third-order valence-corrected chi connectivity index (χ3v) is 3.74. The number of fused-ring (bicyclic) bond motifs is 1. The van der Waals surface area contributed by atoms with E-state index in [2.05, 4.69) is 0 Å². The van der Waals surface area contributed by atoms with E-state index in [-0.39, 0.29) is 11.8 Å². The lowest BCUT2D eigenvalue weighted by Crippen LogP contribution is -2.29. The zero-order chi connectivity index (χ0) is 12.0. The highest BCUT2D eigenvalue weighted by Gasteiger charge is 2.38. The highest BCUT2D eigenvalue weighted by Crippen LogP contribution is 2.33. The summed E-state index contributed by atoms with van der Waals surface area (Å²) >= 11 is 1.38. The van der Waals surface area contributed by atoms with E-state index in [0.29, 0.717) is 16.1 Å². The summed E-state index contributed by atoms with van der Waals surface area (Å²) < 4.78 is 0. The number of para-hydroxylation sites is 1. The van der Waals surface area contributed by atoms with E-state index in [9.17, 15) is 9.59 Å². The van der Waals surface area contributed by atoms with Gasteiger partial charge in [0, 0.05) is 4.88 Å². The molecule has 84 valence electrons. The molecule has 0 spiro atoms. The molecule has 1 aromatic carbocycles. The zero-order valence-electron chi connectivity index (χ0n) is 9.14. The molecule has 0 aliphatic carbocycles. The number of benzene rings is 1. The summed E-state index contributed by atoms with van der Waals surface area (Å²) in [5.41, 5.74) is 1.16. The minimum absolute atomic E-state index is 0.214. The normalized spacial score (nSPS) is 14.3. The molecule has 2 amide bonds. The van der Waals surface area contributed by atoms with Crippen LogP contribution in [0.1, 0.15) is 24.9 Å². The first kappa shape index (κ1) is 10.2. The van der Waals surface area contributed by atoms with Gasteiger partial charge in [0.05, 0.1) is 11.3 Å². The van der Waals surface area contributed by atoms with E-state index in [1.54, 1.807) is 18.2 Å². The summed E-state index contributed by atoms with van der Waals surface area (Å²) in [6, 6.07) is 10.8. The number of rotatable bonds is 1.